The second kappa shape index (κ2) is 5.31. The maximum absolute atomic E-state index is 9.77. The Bertz CT molecular complexity index is 262. The van der Waals surface area contributed by atoms with Crippen LogP contribution in [-0.4, -0.2) is 20.8 Å². The molecule has 1 aromatic rings. The zero-order valence-corrected chi connectivity index (χ0v) is 9.98. The molecule has 3 heteroatoms. The Morgan fingerprint density at radius 1 is 1.40 bits per heavy atom. The lowest BCUT2D eigenvalue weighted by Gasteiger charge is -2.19. The molecule has 0 saturated heterocycles. The fraction of sp³-hybridized carbons (Fsp3) is 0.750. The molecule has 86 valence electrons. The molecule has 0 bridgehead atoms. The van der Waals surface area contributed by atoms with Crippen molar-refractivity contribution in [3.63, 3.8) is 0 Å². The molecule has 1 N–H and O–H groups in total. The minimum absolute atomic E-state index is 0.249. The summed E-state index contributed by atoms with van der Waals surface area (Å²) < 4.78 is 1.92. The van der Waals surface area contributed by atoms with Crippen LogP contribution >= 0.6 is 0 Å². The zero-order valence-electron chi connectivity index (χ0n) is 9.98. The molecular formula is C12H22N2O. The van der Waals surface area contributed by atoms with Gasteiger partial charge in [0.2, 0.25) is 0 Å². The summed E-state index contributed by atoms with van der Waals surface area (Å²) >= 11 is 0. The standard InChI is InChI=1S/C12H22N2O/c1-12(2,3)6-4-5-11(15)9-14-8-7-13-10-14/h7-8,10-11,15H,4-6,9H2,1-3H3/t11-/m1/s1. The second-order valence-corrected chi connectivity index (χ2v) is 5.37. The highest BCUT2D eigenvalue weighted by atomic mass is 16.3. The molecule has 0 amide bonds. The van der Waals surface area contributed by atoms with Gasteiger partial charge in [-0.05, 0) is 18.3 Å². The molecule has 1 atom stereocenters. The highest BCUT2D eigenvalue weighted by Crippen LogP contribution is 2.22. The quantitative estimate of drug-likeness (QED) is 0.810. The van der Waals surface area contributed by atoms with E-state index in [-0.39, 0.29) is 6.10 Å². The van der Waals surface area contributed by atoms with E-state index in [9.17, 15) is 5.11 Å². The van der Waals surface area contributed by atoms with Gasteiger partial charge in [-0.3, -0.25) is 0 Å². The summed E-state index contributed by atoms with van der Waals surface area (Å²) in [6.07, 6.45) is 8.23. The van der Waals surface area contributed by atoms with Crippen molar-refractivity contribution < 1.29 is 5.11 Å². The number of aliphatic hydroxyl groups excluding tert-OH is 1. The molecule has 1 rings (SSSR count). The van der Waals surface area contributed by atoms with E-state index in [0.717, 1.165) is 19.3 Å². The molecule has 0 saturated carbocycles. The van der Waals surface area contributed by atoms with Crippen molar-refractivity contribution in [2.75, 3.05) is 0 Å². The Kier molecular flexibility index (Phi) is 4.33. The van der Waals surface area contributed by atoms with Crippen LogP contribution in [0.15, 0.2) is 18.7 Å². The average Bonchev–Trinajstić information content (AvgIpc) is 2.54. The summed E-state index contributed by atoms with van der Waals surface area (Å²) in [4.78, 5) is 3.95. The van der Waals surface area contributed by atoms with Crippen LogP contribution in [0.4, 0.5) is 0 Å². The van der Waals surface area contributed by atoms with Crippen LogP contribution in [0.2, 0.25) is 0 Å². The molecule has 0 aliphatic carbocycles. The lowest BCUT2D eigenvalue weighted by Crippen LogP contribution is -2.16. The van der Waals surface area contributed by atoms with E-state index in [1.165, 1.54) is 0 Å². The van der Waals surface area contributed by atoms with Crippen LogP contribution in [0.1, 0.15) is 40.0 Å². The summed E-state index contributed by atoms with van der Waals surface area (Å²) in [5.41, 5.74) is 0.370. The first kappa shape index (κ1) is 12.2. The van der Waals surface area contributed by atoms with Crippen molar-refractivity contribution in [3.05, 3.63) is 18.7 Å². The Morgan fingerprint density at radius 2 is 2.13 bits per heavy atom. The molecule has 1 heterocycles. The summed E-state index contributed by atoms with van der Waals surface area (Å²) in [6, 6.07) is 0. The predicted octanol–water partition coefficient (Wildman–Crippen LogP) is 2.46. The van der Waals surface area contributed by atoms with Crippen LogP contribution < -0.4 is 0 Å². The lowest BCUT2D eigenvalue weighted by molar-refractivity contribution is 0.136. The summed E-state index contributed by atoms with van der Waals surface area (Å²) in [7, 11) is 0. The third-order valence-corrected chi connectivity index (χ3v) is 2.44. The number of hydrogen-bond acceptors (Lipinski definition) is 2. The minimum Gasteiger partial charge on any atom is -0.391 e. The summed E-state index contributed by atoms with van der Waals surface area (Å²) in [5, 5.41) is 9.77. The number of hydrogen-bond donors (Lipinski definition) is 1. The topological polar surface area (TPSA) is 38.0 Å². The molecule has 0 fully saturated rings. The summed E-state index contributed by atoms with van der Waals surface area (Å²) in [5.74, 6) is 0. The van der Waals surface area contributed by atoms with Gasteiger partial charge in [0.05, 0.1) is 12.4 Å². The smallest absolute Gasteiger partial charge is 0.0946 e. The van der Waals surface area contributed by atoms with Crippen LogP contribution in [-0.2, 0) is 6.54 Å². The largest absolute Gasteiger partial charge is 0.391 e. The van der Waals surface area contributed by atoms with E-state index >= 15 is 0 Å². The number of aliphatic hydroxyl groups is 1. The van der Waals surface area contributed by atoms with Crippen LogP contribution in [0.3, 0.4) is 0 Å². The van der Waals surface area contributed by atoms with Crippen molar-refractivity contribution >= 4 is 0 Å². The minimum atomic E-state index is -0.249. The van der Waals surface area contributed by atoms with Crippen molar-refractivity contribution in [2.24, 2.45) is 5.41 Å². The average molecular weight is 210 g/mol. The maximum Gasteiger partial charge on any atom is 0.0946 e. The first-order valence-electron chi connectivity index (χ1n) is 5.61. The van der Waals surface area contributed by atoms with Crippen molar-refractivity contribution in [1.82, 2.24) is 9.55 Å². The highest BCUT2D eigenvalue weighted by molar-refractivity contribution is 4.75. The third-order valence-electron chi connectivity index (χ3n) is 2.44. The molecular weight excluding hydrogens is 188 g/mol. The van der Waals surface area contributed by atoms with Crippen molar-refractivity contribution in [2.45, 2.75) is 52.7 Å². The van der Waals surface area contributed by atoms with E-state index in [0.29, 0.717) is 12.0 Å². The van der Waals surface area contributed by atoms with Gasteiger partial charge in [-0.15, -0.1) is 0 Å². The van der Waals surface area contributed by atoms with Crippen molar-refractivity contribution in [3.8, 4) is 0 Å². The monoisotopic (exact) mass is 210 g/mol. The molecule has 0 aliphatic rings. The van der Waals surface area contributed by atoms with Gasteiger partial charge >= 0.3 is 0 Å². The molecule has 0 spiro atoms. The first-order chi connectivity index (χ1) is 6.97. The Balaban J connectivity index is 2.17. The normalized spacial score (nSPS) is 14.1. The highest BCUT2D eigenvalue weighted by Gasteiger charge is 2.11. The SMILES string of the molecule is CC(C)(C)CCC[C@@H](O)Cn1ccnc1. The van der Waals surface area contributed by atoms with E-state index < -0.39 is 0 Å². The zero-order chi connectivity index (χ0) is 11.3. The lowest BCUT2D eigenvalue weighted by atomic mass is 9.89. The summed E-state index contributed by atoms with van der Waals surface area (Å²) in [6.45, 7) is 7.35. The maximum atomic E-state index is 9.77. The number of aromatic nitrogens is 2. The second-order valence-electron chi connectivity index (χ2n) is 5.37. The van der Waals surface area contributed by atoms with Gasteiger partial charge in [0.25, 0.3) is 0 Å². The van der Waals surface area contributed by atoms with Crippen LogP contribution in [0, 0.1) is 5.41 Å². The fourth-order valence-corrected chi connectivity index (χ4v) is 1.60. The molecule has 0 radical (unpaired) electrons. The molecule has 0 aromatic carbocycles. The van der Waals surface area contributed by atoms with E-state index in [1.807, 2.05) is 10.8 Å². The third kappa shape index (κ3) is 5.57. The van der Waals surface area contributed by atoms with E-state index in [1.54, 1.807) is 12.5 Å². The Morgan fingerprint density at radius 3 is 2.67 bits per heavy atom. The van der Waals surface area contributed by atoms with Gasteiger partial charge in [0.15, 0.2) is 0 Å². The fourth-order valence-electron chi connectivity index (χ4n) is 1.60. The number of imidazole rings is 1. The van der Waals surface area contributed by atoms with E-state index in [2.05, 4.69) is 25.8 Å². The van der Waals surface area contributed by atoms with E-state index in [4.69, 9.17) is 0 Å². The van der Waals surface area contributed by atoms with Gasteiger partial charge in [0, 0.05) is 18.9 Å². The Labute approximate surface area is 92.1 Å². The predicted molar refractivity (Wildman–Crippen MR) is 61.5 cm³/mol. The molecule has 0 unspecified atom stereocenters. The van der Waals surface area contributed by atoms with Crippen LogP contribution in [0.5, 0.6) is 0 Å². The number of nitrogens with zero attached hydrogens (tertiary/aromatic N) is 2. The molecule has 1 aromatic heterocycles. The van der Waals surface area contributed by atoms with Crippen molar-refractivity contribution in [1.29, 1.82) is 0 Å². The van der Waals surface area contributed by atoms with Gasteiger partial charge in [0.1, 0.15) is 0 Å². The van der Waals surface area contributed by atoms with Gasteiger partial charge in [-0.2, -0.15) is 0 Å². The molecule has 0 aliphatic heterocycles. The molecule has 3 nitrogen and oxygen atoms in total. The Hall–Kier alpha value is -0.830. The number of rotatable bonds is 5. The van der Waals surface area contributed by atoms with Crippen LogP contribution in [0.25, 0.3) is 0 Å². The van der Waals surface area contributed by atoms with Gasteiger partial charge in [-0.1, -0.05) is 27.2 Å². The first-order valence-corrected chi connectivity index (χ1v) is 5.61. The molecule has 15 heavy (non-hydrogen) atoms. The van der Waals surface area contributed by atoms with Gasteiger partial charge in [-0.25, -0.2) is 4.98 Å². The van der Waals surface area contributed by atoms with Gasteiger partial charge < -0.3 is 9.67 Å².